The van der Waals surface area contributed by atoms with Gasteiger partial charge in [0.05, 0.1) is 6.61 Å². The summed E-state index contributed by atoms with van der Waals surface area (Å²) in [6.07, 6.45) is 1.71. The highest BCUT2D eigenvalue weighted by molar-refractivity contribution is 7.12. The molecule has 2 aliphatic rings. The lowest BCUT2D eigenvalue weighted by Gasteiger charge is -2.46. The topological polar surface area (TPSA) is 49.8 Å². The maximum absolute atomic E-state index is 11.2. The standard InChI is InChI=1S/C14H19NO3S/c1-9-8-14(4-5-15(9)13(16)17)12-11(3-6-18-14)7-10(2)19-12/h7,9H,3-6,8H2,1-2H3,(H,16,17)/t9-,14+/m0/s1. The van der Waals surface area contributed by atoms with Gasteiger partial charge >= 0.3 is 6.09 Å². The van der Waals surface area contributed by atoms with Crippen LogP contribution in [0.4, 0.5) is 4.79 Å². The molecular formula is C14H19NO3S. The molecule has 4 nitrogen and oxygen atoms in total. The number of nitrogens with zero attached hydrogens (tertiary/aromatic N) is 1. The van der Waals surface area contributed by atoms with Crippen molar-refractivity contribution in [3.05, 3.63) is 21.4 Å². The van der Waals surface area contributed by atoms with E-state index in [9.17, 15) is 9.90 Å². The molecular weight excluding hydrogens is 262 g/mol. The summed E-state index contributed by atoms with van der Waals surface area (Å²) >= 11 is 1.82. The van der Waals surface area contributed by atoms with Gasteiger partial charge in [-0.05, 0) is 38.3 Å². The monoisotopic (exact) mass is 281 g/mol. The van der Waals surface area contributed by atoms with Crippen molar-refractivity contribution in [3.63, 3.8) is 0 Å². The number of hydrogen-bond acceptors (Lipinski definition) is 3. The van der Waals surface area contributed by atoms with E-state index in [1.807, 2.05) is 18.3 Å². The Hall–Kier alpha value is -1.07. The van der Waals surface area contributed by atoms with Gasteiger partial charge in [0.25, 0.3) is 0 Å². The molecule has 2 atom stereocenters. The van der Waals surface area contributed by atoms with Crippen molar-refractivity contribution < 1.29 is 14.6 Å². The van der Waals surface area contributed by atoms with Gasteiger partial charge in [-0.2, -0.15) is 0 Å². The van der Waals surface area contributed by atoms with Crippen LogP contribution in [0.1, 0.15) is 35.1 Å². The molecule has 2 aliphatic heterocycles. The normalized spacial score (nSPS) is 30.4. The molecule has 3 rings (SSSR count). The molecule has 1 aromatic rings. The fourth-order valence-electron chi connectivity index (χ4n) is 3.39. The number of fused-ring (bicyclic) bond motifs is 2. The summed E-state index contributed by atoms with van der Waals surface area (Å²) < 4.78 is 6.14. The predicted molar refractivity (Wildman–Crippen MR) is 73.8 cm³/mol. The number of likely N-dealkylation sites (tertiary alicyclic amines) is 1. The van der Waals surface area contributed by atoms with Crippen LogP contribution in [0, 0.1) is 6.92 Å². The van der Waals surface area contributed by atoms with Gasteiger partial charge in [-0.15, -0.1) is 11.3 Å². The first kappa shape index (κ1) is 12.9. The highest BCUT2D eigenvalue weighted by atomic mass is 32.1. The molecule has 0 aliphatic carbocycles. The van der Waals surface area contributed by atoms with E-state index in [0.29, 0.717) is 6.54 Å². The Bertz CT molecular complexity index is 513. The highest BCUT2D eigenvalue weighted by Crippen LogP contribution is 2.46. The van der Waals surface area contributed by atoms with Crippen molar-refractivity contribution in [1.82, 2.24) is 4.90 Å². The Balaban J connectivity index is 1.92. The van der Waals surface area contributed by atoms with Gasteiger partial charge < -0.3 is 14.7 Å². The third kappa shape index (κ3) is 2.05. The summed E-state index contributed by atoms with van der Waals surface area (Å²) in [7, 11) is 0. The predicted octanol–water partition coefficient (Wildman–Crippen LogP) is 2.99. The maximum Gasteiger partial charge on any atom is 0.407 e. The van der Waals surface area contributed by atoms with Gasteiger partial charge in [-0.3, -0.25) is 0 Å². The largest absolute Gasteiger partial charge is 0.465 e. The van der Waals surface area contributed by atoms with Crippen LogP contribution in [0.25, 0.3) is 0 Å². The first-order chi connectivity index (χ1) is 9.02. The molecule has 0 aromatic carbocycles. The molecule has 19 heavy (non-hydrogen) atoms. The molecule has 1 N–H and O–H groups in total. The minimum atomic E-state index is -0.819. The van der Waals surface area contributed by atoms with Crippen LogP contribution in [0.3, 0.4) is 0 Å². The molecule has 0 bridgehead atoms. The number of rotatable bonds is 0. The molecule has 0 unspecified atom stereocenters. The lowest BCUT2D eigenvalue weighted by Crippen LogP contribution is -2.51. The first-order valence-electron chi connectivity index (χ1n) is 6.75. The molecule has 1 amide bonds. The average molecular weight is 281 g/mol. The van der Waals surface area contributed by atoms with Crippen molar-refractivity contribution in [2.75, 3.05) is 13.2 Å². The molecule has 1 spiro atoms. The van der Waals surface area contributed by atoms with Gasteiger partial charge in [0.1, 0.15) is 5.60 Å². The molecule has 1 saturated heterocycles. The number of aryl methyl sites for hydroxylation is 1. The molecule has 3 heterocycles. The van der Waals surface area contributed by atoms with Crippen LogP contribution in [-0.4, -0.2) is 35.3 Å². The van der Waals surface area contributed by atoms with E-state index in [0.717, 1.165) is 25.9 Å². The minimum absolute atomic E-state index is 0.0135. The SMILES string of the molecule is Cc1cc2c(s1)[C@]1(CCN(C(=O)O)[C@@H](C)C1)OCC2. The number of thiophene rings is 1. The fraction of sp³-hybridized carbons (Fsp3) is 0.643. The number of amides is 1. The number of piperidine rings is 1. The van der Waals surface area contributed by atoms with Crippen LogP contribution >= 0.6 is 11.3 Å². The summed E-state index contributed by atoms with van der Waals surface area (Å²) in [6.45, 7) is 5.43. The van der Waals surface area contributed by atoms with Gasteiger partial charge in [0.15, 0.2) is 0 Å². The Labute approximate surface area is 117 Å². The molecule has 0 saturated carbocycles. The highest BCUT2D eigenvalue weighted by Gasteiger charge is 2.45. The molecule has 1 fully saturated rings. The molecule has 0 radical (unpaired) electrons. The van der Waals surface area contributed by atoms with E-state index in [1.165, 1.54) is 20.2 Å². The van der Waals surface area contributed by atoms with E-state index in [-0.39, 0.29) is 11.6 Å². The third-order valence-electron chi connectivity index (χ3n) is 4.26. The average Bonchev–Trinajstić information content (AvgIpc) is 2.71. The van der Waals surface area contributed by atoms with E-state index < -0.39 is 6.09 Å². The molecule has 5 heteroatoms. The smallest absolute Gasteiger partial charge is 0.407 e. The number of carboxylic acid groups (broad SMARTS) is 1. The van der Waals surface area contributed by atoms with E-state index in [2.05, 4.69) is 13.0 Å². The van der Waals surface area contributed by atoms with Crippen LogP contribution < -0.4 is 0 Å². The van der Waals surface area contributed by atoms with Crippen LogP contribution in [-0.2, 0) is 16.8 Å². The first-order valence-corrected chi connectivity index (χ1v) is 7.57. The zero-order chi connectivity index (χ0) is 13.6. The van der Waals surface area contributed by atoms with Gasteiger partial charge in [0, 0.05) is 28.8 Å². The van der Waals surface area contributed by atoms with Crippen LogP contribution in [0.5, 0.6) is 0 Å². The van der Waals surface area contributed by atoms with Gasteiger partial charge in [-0.25, -0.2) is 4.79 Å². The minimum Gasteiger partial charge on any atom is -0.465 e. The summed E-state index contributed by atoms with van der Waals surface area (Å²) in [5, 5.41) is 9.18. The second kappa shape index (κ2) is 4.49. The van der Waals surface area contributed by atoms with Crippen molar-refractivity contribution in [3.8, 4) is 0 Å². The van der Waals surface area contributed by atoms with Crippen molar-refractivity contribution >= 4 is 17.4 Å². The fourth-order valence-corrected chi connectivity index (χ4v) is 4.64. The lowest BCUT2D eigenvalue weighted by atomic mass is 9.82. The summed E-state index contributed by atoms with van der Waals surface area (Å²) in [6, 6.07) is 2.28. The van der Waals surface area contributed by atoms with Crippen molar-refractivity contribution in [2.45, 2.75) is 44.8 Å². The lowest BCUT2D eigenvalue weighted by molar-refractivity contribution is -0.104. The zero-order valence-electron chi connectivity index (χ0n) is 11.3. The van der Waals surface area contributed by atoms with Crippen molar-refractivity contribution in [1.29, 1.82) is 0 Å². The summed E-state index contributed by atoms with van der Waals surface area (Å²) in [5.41, 5.74) is 1.17. The van der Waals surface area contributed by atoms with E-state index in [4.69, 9.17) is 4.74 Å². The Morgan fingerprint density at radius 1 is 1.63 bits per heavy atom. The summed E-state index contributed by atoms with van der Waals surface area (Å²) in [5.74, 6) is 0. The van der Waals surface area contributed by atoms with E-state index >= 15 is 0 Å². The number of hydrogen-bond donors (Lipinski definition) is 1. The van der Waals surface area contributed by atoms with E-state index in [1.54, 1.807) is 0 Å². The second-order valence-electron chi connectivity index (χ2n) is 5.58. The van der Waals surface area contributed by atoms with Gasteiger partial charge in [0.2, 0.25) is 0 Å². The van der Waals surface area contributed by atoms with Crippen LogP contribution in [0.2, 0.25) is 0 Å². The number of ether oxygens (including phenoxy) is 1. The van der Waals surface area contributed by atoms with Crippen LogP contribution in [0.15, 0.2) is 6.07 Å². The third-order valence-corrected chi connectivity index (χ3v) is 5.53. The Morgan fingerprint density at radius 3 is 3.11 bits per heavy atom. The molecule has 1 aromatic heterocycles. The molecule has 104 valence electrons. The Kier molecular flexibility index (Phi) is 3.06. The second-order valence-corrected chi connectivity index (χ2v) is 6.84. The van der Waals surface area contributed by atoms with Gasteiger partial charge in [-0.1, -0.05) is 0 Å². The number of carbonyl (C=O) groups is 1. The summed E-state index contributed by atoms with van der Waals surface area (Å²) in [4.78, 5) is 15.4. The maximum atomic E-state index is 11.2. The van der Waals surface area contributed by atoms with Crippen molar-refractivity contribution in [2.24, 2.45) is 0 Å². The zero-order valence-corrected chi connectivity index (χ0v) is 12.1. The quantitative estimate of drug-likeness (QED) is 0.795. The Morgan fingerprint density at radius 2 is 2.42 bits per heavy atom.